The molecule has 1 aromatic carbocycles. The number of esters is 1. The molecule has 3 rings (SSSR count). The van der Waals surface area contributed by atoms with Gasteiger partial charge < -0.3 is 19.3 Å². The van der Waals surface area contributed by atoms with Crippen LogP contribution in [0.3, 0.4) is 0 Å². The molecule has 0 unspecified atom stereocenters. The Morgan fingerprint density at radius 3 is 2.34 bits per heavy atom. The molecule has 1 amide bonds. The summed E-state index contributed by atoms with van der Waals surface area (Å²) >= 11 is 0. The third-order valence-electron chi connectivity index (χ3n) is 5.18. The minimum Gasteiger partial charge on any atom is -0.466 e. The van der Waals surface area contributed by atoms with E-state index in [9.17, 15) is 9.59 Å². The number of piperazine rings is 1. The van der Waals surface area contributed by atoms with Crippen LogP contribution in [0.5, 0.6) is 0 Å². The van der Waals surface area contributed by atoms with Crippen molar-refractivity contribution >= 4 is 24.0 Å². The molecule has 0 bridgehead atoms. The Morgan fingerprint density at radius 1 is 1.06 bits per heavy atom. The van der Waals surface area contributed by atoms with E-state index in [2.05, 4.69) is 20.7 Å². The van der Waals surface area contributed by atoms with Gasteiger partial charge in [-0.05, 0) is 62.6 Å². The molecule has 1 fully saturated rings. The first-order valence-electron chi connectivity index (χ1n) is 10.7. The fourth-order valence-corrected chi connectivity index (χ4v) is 3.52. The summed E-state index contributed by atoms with van der Waals surface area (Å²) in [5.74, 6) is 0.520. The average Bonchev–Trinajstić information content (AvgIpc) is 2.76. The van der Waals surface area contributed by atoms with Crippen molar-refractivity contribution in [3.8, 4) is 11.1 Å². The highest BCUT2D eigenvalue weighted by Gasteiger charge is 2.26. The van der Waals surface area contributed by atoms with Crippen molar-refractivity contribution in [2.75, 3.05) is 38.2 Å². The minimum absolute atomic E-state index is 0.263. The maximum Gasteiger partial charge on any atom is 0.410 e. The Kier molecular flexibility index (Phi) is 7.18. The third-order valence-corrected chi connectivity index (χ3v) is 5.18. The second-order valence-corrected chi connectivity index (χ2v) is 8.79. The van der Waals surface area contributed by atoms with E-state index in [0.29, 0.717) is 26.2 Å². The van der Waals surface area contributed by atoms with E-state index in [-0.39, 0.29) is 12.1 Å². The summed E-state index contributed by atoms with van der Waals surface area (Å²) in [6.45, 7) is 10.3. The molecule has 32 heavy (non-hydrogen) atoms. The summed E-state index contributed by atoms with van der Waals surface area (Å²) in [5, 5.41) is 0. The quantitative estimate of drug-likeness (QED) is 0.525. The Hall–Kier alpha value is -3.35. The number of aromatic nitrogens is 1. The normalized spacial score (nSPS) is 14.5. The van der Waals surface area contributed by atoms with Crippen LogP contribution in [0.25, 0.3) is 17.2 Å². The zero-order valence-corrected chi connectivity index (χ0v) is 19.4. The molecule has 0 radical (unpaired) electrons. The van der Waals surface area contributed by atoms with Gasteiger partial charge >= 0.3 is 12.1 Å². The average molecular weight is 438 g/mol. The smallest absolute Gasteiger partial charge is 0.410 e. The summed E-state index contributed by atoms with van der Waals surface area (Å²) < 4.78 is 10.1. The number of carbonyl (C=O) groups is 2. The summed E-state index contributed by atoms with van der Waals surface area (Å²) in [7, 11) is 1.36. The molecule has 0 saturated carbocycles. The van der Waals surface area contributed by atoms with E-state index in [1.807, 2.05) is 58.2 Å². The van der Waals surface area contributed by atoms with Crippen LogP contribution in [-0.2, 0) is 14.3 Å². The van der Waals surface area contributed by atoms with Crippen LogP contribution in [-0.4, -0.2) is 60.8 Å². The van der Waals surface area contributed by atoms with E-state index in [1.54, 1.807) is 11.0 Å². The molecule has 7 nitrogen and oxygen atoms in total. The van der Waals surface area contributed by atoms with Gasteiger partial charge in [0.15, 0.2) is 0 Å². The molecule has 1 aliphatic rings. The fraction of sp³-hybridized carbons (Fsp3) is 0.400. The van der Waals surface area contributed by atoms with E-state index in [4.69, 9.17) is 4.74 Å². The number of hydrogen-bond donors (Lipinski definition) is 0. The second kappa shape index (κ2) is 9.85. The van der Waals surface area contributed by atoms with Crippen LogP contribution in [0.2, 0.25) is 0 Å². The highest BCUT2D eigenvalue weighted by molar-refractivity contribution is 5.87. The number of nitrogens with zero attached hydrogens (tertiary/aromatic N) is 3. The molecule has 0 N–H and O–H groups in total. The number of methoxy groups -OCH3 is 1. The lowest BCUT2D eigenvalue weighted by atomic mass is 9.99. The van der Waals surface area contributed by atoms with Gasteiger partial charge in [0.2, 0.25) is 0 Å². The number of benzene rings is 1. The predicted octanol–water partition coefficient (Wildman–Crippen LogP) is 4.30. The van der Waals surface area contributed by atoms with E-state index < -0.39 is 5.60 Å². The Morgan fingerprint density at radius 2 is 1.78 bits per heavy atom. The largest absolute Gasteiger partial charge is 0.466 e. The number of ether oxygens (including phenoxy) is 2. The number of rotatable bonds is 4. The van der Waals surface area contributed by atoms with Gasteiger partial charge in [-0.2, -0.15) is 0 Å². The molecule has 7 heteroatoms. The van der Waals surface area contributed by atoms with Gasteiger partial charge in [-0.3, -0.25) is 0 Å². The van der Waals surface area contributed by atoms with Crippen LogP contribution in [0.1, 0.15) is 31.9 Å². The van der Waals surface area contributed by atoms with Crippen molar-refractivity contribution in [1.29, 1.82) is 0 Å². The van der Waals surface area contributed by atoms with Crippen molar-refractivity contribution in [2.24, 2.45) is 0 Å². The first-order chi connectivity index (χ1) is 15.2. The van der Waals surface area contributed by atoms with Gasteiger partial charge in [0.05, 0.1) is 7.11 Å². The fourth-order valence-electron chi connectivity index (χ4n) is 3.52. The molecule has 1 aliphatic heterocycles. The van der Waals surface area contributed by atoms with Crippen LogP contribution in [0.15, 0.2) is 42.6 Å². The van der Waals surface area contributed by atoms with Crippen LogP contribution < -0.4 is 4.90 Å². The molecule has 0 spiro atoms. The van der Waals surface area contributed by atoms with Crippen molar-refractivity contribution in [1.82, 2.24) is 9.88 Å². The summed E-state index contributed by atoms with van der Waals surface area (Å²) in [4.78, 5) is 32.1. The van der Waals surface area contributed by atoms with Crippen molar-refractivity contribution in [3.63, 3.8) is 0 Å². The number of anilines is 1. The van der Waals surface area contributed by atoms with Gasteiger partial charge in [0.25, 0.3) is 0 Å². The SMILES string of the molecule is COC(=O)/C=C/c1ccc(-c2ccc(N3CCN(C(=O)OC(C)(C)C)CC3)nc2)c(C)c1. The van der Waals surface area contributed by atoms with E-state index in [1.165, 1.54) is 13.2 Å². The van der Waals surface area contributed by atoms with Crippen molar-refractivity contribution < 1.29 is 19.1 Å². The standard InChI is InChI=1S/C25H31N3O4/c1-18-16-19(7-11-23(29)31-5)6-9-21(18)20-8-10-22(26-17-20)27-12-14-28(15-13-27)24(30)32-25(2,3)4/h6-11,16-17H,12-15H2,1-5H3/b11-7+. The molecule has 170 valence electrons. The monoisotopic (exact) mass is 437 g/mol. The first kappa shape index (κ1) is 23.3. The van der Waals surface area contributed by atoms with Crippen molar-refractivity contribution in [3.05, 3.63) is 53.7 Å². The lowest BCUT2D eigenvalue weighted by Crippen LogP contribution is -2.50. The van der Waals surface area contributed by atoms with E-state index >= 15 is 0 Å². The van der Waals surface area contributed by atoms with Gasteiger partial charge in [-0.15, -0.1) is 0 Å². The number of amides is 1. The molecular weight excluding hydrogens is 406 g/mol. The molecule has 1 aromatic heterocycles. The zero-order chi connectivity index (χ0) is 23.3. The highest BCUT2D eigenvalue weighted by Crippen LogP contribution is 2.26. The summed E-state index contributed by atoms with van der Waals surface area (Å²) in [5.41, 5.74) is 3.66. The predicted molar refractivity (Wildman–Crippen MR) is 125 cm³/mol. The van der Waals surface area contributed by atoms with Gasteiger partial charge in [0, 0.05) is 44.0 Å². The molecular formula is C25H31N3O4. The maximum atomic E-state index is 12.2. The molecule has 2 aromatic rings. The number of hydrogen-bond acceptors (Lipinski definition) is 6. The van der Waals surface area contributed by atoms with Gasteiger partial charge in [-0.25, -0.2) is 14.6 Å². The Bertz CT molecular complexity index is 985. The van der Waals surface area contributed by atoms with Crippen LogP contribution in [0.4, 0.5) is 10.6 Å². The summed E-state index contributed by atoms with van der Waals surface area (Å²) in [6.07, 6.45) is 4.76. The molecule has 2 heterocycles. The number of pyridine rings is 1. The highest BCUT2D eigenvalue weighted by atomic mass is 16.6. The zero-order valence-electron chi connectivity index (χ0n) is 19.4. The second-order valence-electron chi connectivity index (χ2n) is 8.79. The minimum atomic E-state index is -0.487. The molecule has 1 saturated heterocycles. The van der Waals surface area contributed by atoms with Gasteiger partial charge in [0.1, 0.15) is 11.4 Å². The number of carbonyl (C=O) groups excluding carboxylic acids is 2. The lowest BCUT2D eigenvalue weighted by Gasteiger charge is -2.36. The summed E-state index contributed by atoms with van der Waals surface area (Å²) in [6, 6.07) is 10.1. The first-order valence-corrected chi connectivity index (χ1v) is 10.7. The van der Waals surface area contributed by atoms with Crippen LogP contribution in [0, 0.1) is 6.92 Å². The third kappa shape index (κ3) is 6.09. The molecule has 0 atom stereocenters. The Labute approximate surface area is 189 Å². The van der Waals surface area contributed by atoms with Gasteiger partial charge in [-0.1, -0.05) is 18.2 Å². The Balaban J connectivity index is 1.63. The van der Waals surface area contributed by atoms with E-state index in [0.717, 1.165) is 28.1 Å². The van der Waals surface area contributed by atoms with Crippen molar-refractivity contribution in [2.45, 2.75) is 33.3 Å². The lowest BCUT2D eigenvalue weighted by molar-refractivity contribution is -0.134. The maximum absolute atomic E-state index is 12.2. The molecule has 0 aliphatic carbocycles. The van der Waals surface area contributed by atoms with Crippen LogP contribution >= 0.6 is 0 Å². The topological polar surface area (TPSA) is 72.0 Å². The number of aryl methyl sites for hydroxylation is 1.